The molecule has 0 fully saturated rings. The minimum absolute atomic E-state index is 0.250. The Balaban J connectivity index is 0. The van der Waals surface area contributed by atoms with E-state index in [-0.39, 0.29) is 6.47 Å². The first-order chi connectivity index (χ1) is 5.22. The fourth-order valence-corrected chi connectivity index (χ4v) is 0.414. The summed E-state index contributed by atoms with van der Waals surface area (Å²) in [6.07, 6.45) is 4.23. The Hall–Kier alpha value is -0.830. The van der Waals surface area contributed by atoms with Gasteiger partial charge in [-0.3, -0.25) is 4.79 Å². The maximum Gasteiger partial charge on any atom is 0.290 e. The van der Waals surface area contributed by atoms with E-state index in [1.165, 1.54) is 0 Å². The van der Waals surface area contributed by atoms with Crippen LogP contribution >= 0.6 is 0 Å². The highest BCUT2D eigenvalue weighted by molar-refractivity contribution is 5.32. The molecule has 0 atom stereocenters. The Morgan fingerprint density at radius 2 is 2.00 bits per heavy atom. The van der Waals surface area contributed by atoms with E-state index >= 15 is 0 Å². The summed E-state index contributed by atoms with van der Waals surface area (Å²) in [4.78, 5) is 10.6. The van der Waals surface area contributed by atoms with Gasteiger partial charge >= 0.3 is 0 Å². The van der Waals surface area contributed by atoms with Gasteiger partial charge in [-0.25, -0.2) is 0 Å². The van der Waals surface area contributed by atoms with Crippen LogP contribution in [-0.4, -0.2) is 36.6 Å². The lowest BCUT2D eigenvalue weighted by Gasteiger charge is -2.08. The number of carbonyl (C=O) groups is 1. The number of nitrogens with zero attached hydrogens (tertiary/aromatic N) is 1. The molecule has 0 saturated heterocycles. The largest absolute Gasteiger partial charge is 0.483 e. The minimum atomic E-state index is -0.250. The quantitative estimate of drug-likeness (QED) is 0.497. The van der Waals surface area contributed by atoms with Crippen LogP contribution in [0.2, 0.25) is 0 Å². The smallest absolute Gasteiger partial charge is 0.290 e. The van der Waals surface area contributed by atoms with Crippen molar-refractivity contribution >= 4 is 6.47 Å². The van der Waals surface area contributed by atoms with E-state index in [4.69, 9.17) is 9.90 Å². The molecule has 0 aliphatic rings. The van der Waals surface area contributed by atoms with Gasteiger partial charge in [-0.15, -0.1) is 0 Å². The van der Waals surface area contributed by atoms with Crippen LogP contribution in [0.4, 0.5) is 0 Å². The predicted octanol–water partition coefficient (Wildman–Crippen LogP) is 1.21. The van der Waals surface area contributed by atoms with Crippen LogP contribution in [-0.2, 0) is 4.79 Å². The second-order valence-electron chi connectivity index (χ2n) is 2.03. The van der Waals surface area contributed by atoms with Crippen molar-refractivity contribution in [1.29, 1.82) is 0 Å². The zero-order chi connectivity index (χ0) is 9.11. The van der Waals surface area contributed by atoms with Crippen LogP contribution in [0, 0.1) is 0 Å². The van der Waals surface area contributed by atoms with Gasteiger partial charge in [0.2, 0.25) is 0 Å². The number of hydrogen-bond acceptors (Lipinski definition) is 2. The van der Waals surface area contributed by atoms with Crippen molar-refractivity contribution < 1.29 is 9.90 Å². The molecule has 0 aromatic heterocycles. The fraction of sp³-hybridized carbons (Fsp3) is 0.625. The highest BCUT2D eigenvalue weighted by Crippen LogP contribution is 1.80. The molecule has 0 aliphatic heterocycles. The molecule has 0 spiro atoms. The van der Waals surface area contributed by atoms with E-state index in [0.717, 1.165) is 13.1 Å². The van der Waals surface area contributed by atoms with E-state index in [1.807, 2.05) is 6.92 Å². The summed E-state index contributed by atoms with van der Waals surface area (Å²) in [5, 5.41) is 6.89. The van der Waals surface area contributed by atoms with E-state index in [2.05, 4.69) is 31.0 Å². The molecule has 3 heteroatoms. The molecule has 0 bridgehead atoms. The van der Waals surface area contributed by atoms with E-state index in [9.17, 15) is 0 Å². The highest BCUT2D eigenvalue weighted by atomic mass is 16.3. The monoisotopic (exact) mass is 159 g/mol. The topological polar surface area (TPSA) is 40.5 Å². The summed E-state index contributed by atoms with van der Waals surface area (Å²) < 4.78 is 0. The lowest BCUT2D eigenvalue weighted by Crippen LogP contribution is -2.16. The zero-order valence-corrected chi connectivity index (χ0v) is 7.45. The molecule has 0 aromatic carbocycles. The molecule has 0 heterocycles. The van der Waals surface area contributed by atoms with E-state index in [0.29, 0.717) is 0 Å². The number of rotatable bonds is 3. The summed E-state index contributed by atoms with van der Waals surface area (Å²) >= 11 is 0. The van der Waals surface area contributed by atoms with Crippen molar-refractivity contribution in [1.82, 2.24) is 4.90 Å². The molecule has 0 amide bonds. The number of hydrogen-bond donors (Lipinski definition) is 1. The first kappa shape index (κ1) is 12.8. The van der Waals surface area contributed by atoms with Gasteiger partial charge in [0.1, 0.15) is 0 Å². The van der Waals surface area contributed by atoms with Crippen molar-refractivity contribution in [2.45, 2.75) is 13.8 Å². The normalized spacial score (nSPS) is 9.45. The zero-order valence-electron chi connectivity index (χ0n) is 7.45. The molecule has 0 aliphatic carbocycles. The van der Waals surface area contributed by atoms with Gasteiger partial charge < -0.3 is 10.0 Å². The number of carboxylic acid groups (broad SMARTS) is 1. The average Bonchev–Trinajstić information content (AvgIpc) is 2.02. The Morgan fingerprint density at radius 1 is 1.55 bits per heavy atom. The SMILES string of the molecule is C/C=C/CN(C)CC.O=CO. The van der Waals surface area contributed by atoms with Crippen molar-refractivity contribution in [3.8, 4) is 0 Å². The van der Waals surface area contributed by atoms with Gasteiger partial charge in [0, 0.05) is 6.54 Å². The summed E-state index contributed by atoms with van der Waals surface area (Å²) in [6, 6.07) is 0. The third-order valence-corrected chi connectivity index (χ3v) is 1.19. The average molecular weight is 159 g/mol. The predicted molar refractivity (Wildman–Crippen MR) is 46.7 cm³/mol. The third kappa shape index (κ3) is 17.6. The van der Waals surface area contributed by atoms with Crippen LogP contribution in [0.25, 0.3) is 0 Å². The molecule has 1 N–H and O–H groups in total. The molecule has 0 saturated carbocycles. The number of allylic oxidation sites excluding steroid dienone is 1. The Bertz CT molecular complexity index is 102. The molecule has 0 rings (SSSR count). The van der Waals surface area contributed by atoms with Crippen molar-refractivity contribution in [3.63, 3.8) is 0 Å². The second kappa shape index (κ2) is 11.9. The Kier molecular flexibility index (Phi) is 13.9. The van der Waals surface area contributed by atoms with Crippen LogP contribution in [0.15, 0.2) is 12.2 Å². The first-order valence-electron chi connectivity index (χ1n) is 3.60. The minimum Gasteiger partial charge on any atom is -0.483 e. The van der Waals surface area contributed by atoms with Gasteiger partial charge in [0.05, 0.1) is 0 Å². The summed E-state index contributed by atoms with van der Waals surface area (Å²) in [6.45, 7) is 6.16. The van der Waals surface area contributed by atoms with Crippen LogP contribution in [0.5, 0.6) is 0 Å². The van der Waals surface area contributed by atoms with E-state index in [1.54, 1.807) is 0 Å². The van der Waals surface area contributed by atoms with Crippen LogP contribution in [0.1, 0.15) is 13.8 Å². The van der Waals surface area contributed by atoms with Gasteiger partial charge in [0.15, 0.2) is 0 Å². The van der Waals surface area contributed by atoms with E-state index < -0.39 is 0 Å². The maximum atomic E-state index is 8.36. The van der Waals surface area contributed by atoms with Crippen LogP contribution in [0.3, 0.4) is 0 Å². The van der Waals surface area contributed by atoms with Gasteiger partial charge in [-0.2, -0.15) is 0 Å². The second-order valence-corrected chi connectivity index (χ2v) is 2.03. The number of likely N-dealkylation sites (N-methyl/N-ethyl adjacent to an activating group) is 1. The first-order valence-corrected chi connectivity index (χ1v) is 3.60. The Morgan fingerprint density at radius 3 is 2.27 bits per heavy atom. The molecular formula is C8H17NO2. The summed E-state index contributed by atoms with van der Waals surface area (Å²) in [5.41, 5.74) is 0. The van der Waals surface area contributed by atoms with Gasteiger partial charge in [-0.1, -0.05) is 19.1 Å². The van der Waals surface area contributed by atoms with Crippen molar-refractivity contribution in [2.75, 3.05) is 20.1 Å². The van der Waals surface area contributed by atoms with Crippen molar-refractivity contribution in [2.24, 2.45) is 0 Å². The third-order valence-electron chi connectivity index (χ3n) is 1.19. The highest BCUT2D eigenvalue weighted by Gasteiger charge is 1.84. The molecular weight excluding hydrogens is 142 g/mol. The van der Waals surface area contributed by atoms with Crippen LogP contribution < -0.4 is 0 Å². The maximum absolute atomic E-state index is 8.36. The molecule has 66 valence electrons. The molecule has 0 unspecified atom stereocenters. The lowest BCUT2D eigenvalue weighted by atomic mass is 10.5. The summed E-state index contributed by atoms with van der Waals surface area (Å²) in [7, 11) is 2.11. The van der Waals surface area contributed by atoms with Gasteiger partial charge in [-0.05, 0) is 20.5 Å². The standard InChI is InChI=1S/C7H15N.CH2O2/c1-4-6-7-8(3)5-2;2-1-3/h4,6H,5,7H2,1-3H3;1H,(H,2,3)/b6-4+;. The Labute approximate surface area is 68.3 Å². The summed E-state index contributed by atoms with van der Waals surface area (Å²) in [5.74, 6) is 0. The van der Waals surface area contributed by atoms with Gasteiger partial charge in [0.25, 0.3) is 6.47 Å². The van der Waals surface area contributed by atoms with Crippen molar-refractivity contribution in [3.05, 3.63) is 12.2 Å². The molecule has 11 heavy (non-hydrogen) atoms. The fourth-order valence-electron chi connectivity index (χ4n) is 0.414. The molecule has 0 radical (unpaired) electrons. The lowest BCUT2D eigenvalue weighted by molar-refractivity contribution is -0.122. The molecule has 0 aromatic rings. The molecule has 3 nitrogen and oxygen atoms in total.